The van der Waals surface area contributed by atoms with Crippen LogP contribution < -0.4 is 10.6 Å². The van der Waals surface area contributed by atoms with Gasteiger partial charge in [0.25, 0.3) is 0 Å². The summed E-state index contributed by atoms with van der Waals surface area (Å²) >= 11 is 0. The predicted octanol–water partition coefficient (Wildman–Crippen LogP) is 4.64. The van der Waals surface area contributed by atoms with Crippen molar-refractivity contribution in [1.29, 1.82) is 0 Å². The molecular formula is C22H25F3IN5O. The van der Waals surface area contributed by atoms with Gasteiger partial charge in [-0.3, -0.25) is 4.99 Å². The molecule has 0 aliphatic carbocycles. The fourth-order valence-electron chi connectivity index (χ4n) is 2.83. The molecule has 1 aromatic heterocycles. The largest absolute Gasteiger partial charge is 0.411 e. The molecule has 1 heterocycles. The number of rotatable bonds is 8. The Morgan fingerprint density at radius 3 is 2.31 bits per heavy atom. The van der Waals surface area contributed by atoms with Crippen LogP contribution in [0.3, 0.4) is 0 Å². The molecule has 10 heteroatoms. The van der Waals surface area contributed by atoms with Crippen LogP contribution in [0, 0.1) is 0 Å². The average Bonchev–Trinajstić information content (AvgIpc) is 3.24. The summed E-state index contributed by atoms with van der Waals surface area (Å²) < 4.78 is 41.0. The number of aromatic amines is 1. The normalized spacial score (nSPS) is 11.7. The summed E-state index contributed by atoms with van der Waals surface area (Å²) in [5, 5.41) is 6.39. The van der Waals surface area contributed by atoms with E-state index in [1.807, 2.05) is 42.5 Å². The van der Waals surface area contributed by atoms with E-state index in [4.69, 9.17) is 0 Å². The van der Waals surface area contributed by atoms with Crippen molar-refractivity contribution >= 4 is 29.9 Å². The molecule has 3 rings (SSSR count). The molecule has 0 fully saturated rings. The van der Waals surface area contributed by atoms with Crippen molar-refractivity contribution in [3.63, 3.8) is 0 Å². The maximum Gasteiger partial charge on any atom is 0.411 e. The number of H-pyrrole nitrogens is 1. The maximum atomic E-state index is 12.1. The summed E-state index contributed by atoms with van der Waals surface area (Å²) in [7, 11) is 1.67. The molecule has 0 radical (unpaired) electrons. The van der Waals surface area contributed by atoms with Gasteiger partial charge in [-0.1, -0.05) is 54.6 Å². The number of alkyl halides is 3. The van der Waals surface area contributed by atoms with Crippen molar-refractivity contribution in [3.05, 3.63) is 77.7 Å². The standard InChI is InChI=1S/C22H24F3N5O.HI/c1-26-21(29-13-20-27-12-19(30-20)18-5-3-2-4-6-18)28-11-16-7-9-17(10-8-16)14-31-15-22(23,24)25;/h2-10,12H,11,13-15H2,1H3,(H,27,30)(H2,26,28,29);1H. The number of aromatic nitrogens is 2. The zero-order chi connectivity index (χ0) is 22.1. The predicted molar refractivity (Wildman–Crippen MR) is 129 cm³/mol. The molecular weight excluding hydrogens is 534 g/mol. The Morgan fingerprint density at radius 1 is 1.00 bits per heavy atom. The maximum absolute atomic E-state index is 12.1. The van der Waals surface area contributed by atoms with Gasteiger partial charge in [-0.15, -0.1) is 24.0 Å². The van der Waals surface area contributed by atoms with Crippen molar-refractivity contribution in [2.45, 2.75) is 25.9 Å². The van der Waals surface area contributed by atoms with Gasteiger partial charge in [0, 0.05) is 13.6 Å². The van der Waals surface area contributed by atoms with E-state index in [-0.39, 0.29) is 30.6 Å². The highest BCUT2D eigenvalue weighted by atomic mass is 127. The topological polar surface area (TPSA) is 74.3 Å². The number of ether oxygens (including phenoxy) is 1. The van der Waals surface area contributed by atoms with Crippen LogP contribution in [0.4, 0.5) is 13.2 Å². The Morgan fingerprint density at radius 2 is 1.66 bits per heavy atom. The van der Waals surface area contributed by atoms with Gasteiger partial charge in [0.2, 0.25) is 0 Å². The molecule has 0 amide bonds. The summed E-state index contributed by atoms with van der Waals surface area (Å²) in [5.41, 5.74) is 3.66. The van der Waals surface area contributed by atoms with Gasteiger partial charge in [-0.25, -0.2) is 4.98 Å². The van der Waals surface area contributed by atoms with Crippen LogP contribution in [0.15, 0.2) is 65.8 Å². The lowest BCUT2D eigenvalue weighted by Gasteiger charge is -2.12. The van der Waals surface area contributed by atoms with Crippen LogP contribution >= 0.6 is 24.0 Å². The van der Waals surface area contributed by atoms with Crippen LogP contribution in [0.2, 0.25) is 0 Å². The Bertz CT molecular complexity index is 975. The van der Waals surface area contributed by atoms with Crippen molar-refractivity contribution in [2.75, 3.05) is 13.7 Å². The van der Waals surface area contributed by atoms with Gasteiger partial charge in [-0.2, -0.15) is 13.2 Å². The number of guanidine groups is 1. The minimum atomic E-state index is -4.31. The van der Waals surface area contributed by atoms with Crippen molar-refractivity contribution < 1.29 is 17.9 Å². The van der Waals surface area contributed by atoms with Crippen molar-refractivity contribution in [1.82, 2.24) is 20.6 Å². The van der Waals surface area contributed by atoms with E-state index >= 15 is 0 Å². The van der Waals surface area contributed by atoms with E-state index in [1.54, 1.807) is 25.4 Å². The van der Waals surface area contributed by atoms with E-state index in [1.165, 1.54) is 0 Å². The minimum absolute atomic E-state index is 0. The van der Waals surface area contributed by atoms with Crippen LogP contribution in [0.25, 0.3) is 11.3 Å². The number of hydrogen-bond donors (Lipinski definition) is 3. The first-order chi connectivity index (χ1) is 14.9. The molecule has 0 atom stereocenters. The molecule has 3 N–H and O–H groups in total. The summed E-state index contributed by atoms with van der Waals surface area (Å²) in [5.74, 6) is 1.39. The quantitative estimate of drug-likeness (QED) is 0.214. The second-order valence-electron chi connectivity index (χ2n) is 6.81. The Hall–Kier alpha value is -2.60. The van der Waals surface area contributed by atoms with Crippen molar-refractivity contribution in [3.8, 4) is 11.3 Å². The summed E-state index contributed by atoms with van der Waals surface area (Å²) in [6.45, 7) is -0.343. The number of imidazole rings is 1. The third-order valence-corrected chi connectivity index (χ3v) is 4.38. The minimum Gasteiger partial charge on any atom is -0.367 e. The lowest BCUT2D eigenvalue weighted by molar-refractivity contribution is -0.176. The second-order valence-corrected chi connectivity index (χ2v) is 6.81. The summed E-state index contributed by atoms with van der Waals surface area (Å²) in [6.07, 6.45) is -2.52. The average molecular weight is 559 g/mol. The number of hydrogen-bond acceptors (Lipinski definition) is 3. The smallest absolute Gasteiger partial charge is 0.367 e. The van der Waals surface area contributed by atoms with Crippen LogP contribution in [0.1, 0.15) is 17.0 Å². The molecule has 32 heavy (non-hydrogen) atoms. The van der Waals surface area contributed by atoms with Gasteiger partial charge in [0.05, 0.1) is 25.0 Å². The zero-order valence-corrected chi connectivity index (χ0v) is 19.8. The highest BCUT2D eigenvalue weighted by Gasteiger charge is 2.27. The van der Waals surface area contributed by atoms with Crippen LogP contribution in [-0.2, 0) is 24.4 Å². The van der Waals surface area contributed by atoms with Gasteiger partial charge >= 0.3 is 6.18 Å². The molecule has 0 saturated heterocycles. The van der Waals surface area contributed by atoms with E-state index in [9.17, 15) is 13.2 Å². The fourth-order valence-corrected chi connectivity index (χ4v) is 2.83. The Labute approximate surface area is 201 Å². The van der Waals surface area contributed by atoms with E-state index in [2.05, 4.69) is 30.3 Å². The SMILES string of the molecule is CN=C(NCc1ccc(COCC(F)(F)F)cc1)NCc1ncc(-c2ccccc2)[nH]1.I. The number of aliphatic imine (C=N–C) groups is 1. The summed E-state index contributed by atoms with van der Waals surface area (Å²) in [4.78, 5) is 11.9. The lowest BCUT2D eigenvalue weighted by Crippen LogP contribution is -2.36. The van der Waals surface area contributed by atoms with E-state index < -0.39 is 12.8 Å². The van der Waals surface area contributed by atoms with Gasteiger partial charge < -0.3 is 20.4 Å². The number of benzene rings is 2. The number of halogens is 4. The molecule has 0 spiro atoms. The number of nitrogens with zero attached hydrogens (tertiary/aromatic N) is 2. The molecule has 3 aromatic rings. The Balaban J connectivity index is 0.00000363. The van der Waals surface area contributed by atoms with Crippen molar-refractivity contribution in [2.24, 2.45) is 4.99 Å². The zero-order valence-electron chi connectivity index (χ0n) is 17.4. The first kappa shape index (κ1) is 25.7. The van der Waals surface area contributed by atoms with Gasteiger partial charge in [-0.05, 0) is 16.7 Å². The van der Waals surface area contributed by atoms with E-state index in [0.717, 1.165) is 22.6 Å². The number of nitrogens with one attached hydrogen (secondary N) is 3. The van der Waals surface area contributed by atoms with Crippen LogP contribution in [0.5, 0.6) is 0 Å². The highest BCUT2D eigenvalue weighted by molar-refractivity contribution is 14.0. The van der Waals surface area contributed by atoms with Crippen LogP contribution in [-0.4, -0.2) is 35.8 Å². The molecule has 0 bridgehead atoms. The first-order valence-electron chi connectivity index (χ1n) is 9.69. The molecule has 0 unspecified atom stereocenters. The molecule has 0 saturated carbocycles. The Kier molecular flexibility index (Phi) is 9.97. The lowest BCUT2D eigenvalue weighted by atomic mass is 10.1. The third-order valence-electron chi connectivity index (χ3n) is 4.38. The first-order valence-corrected chi connectivity index (χ1v) is 9.69. The second kappa shape index (κ2) is 12.4. The monoisotopic (exact) mass is 559 g/mol. The van der Waals surface area contributed by atoms with Gasteiger partial charge in [0.1, 0.15) is 12.4 Å². The van der Waals surface area contributed by atoms with E-state index in [0.29, 0.717) is 24.6 Å². The molecule has 2 aromatic carbocycles. The molecule has 0 aliphatic heterocycles. The fraction of sp³-hybridized carbons (Fsp3) is 0.273. The summed E-state index contributed by atoms with van der Waals surface area (Å²) in [6, 6.07) is 17.1. The van der Waals surface area contributed by atoms with Gasteiger partial charge in [0.15, 0.2) is 5.96 Å². The third kappa shape index (κ3) is 8.50. The molecule has 172 valence electrons. The molecule has 6 nitrogen and oxygen atoms in total. The molecule has 0 aliphatic rings. The highest BCUT2D eigenvalue weighted by Crippen LogP contribution is 2.16.